The standard InChI is InChI=1S/C16HF14N/c17-7-3(8(18)12(22)5(11(7)21)15(25,26)27)2(1-31)4-9(19)13(23)6(16(28,29)30)14(24)10(4)20/h31H. The highest BCUT2D eigenvalue weighted by molar-refractivity contribution is 5.98. The van der Waals surface area contributed by atoms with Crippen LogP contribution in [0.1, 0.15) is 22.3 Å². The minimum atomic E-state index is -6.04. The molecule has 0 unspecified atom stereocenters. The summed E-state index contributed by atoms with van der Waals surface area (Å²) in [5.41, 5.74) is -13.5. The van der Waals surface area contributed by atoms with Crippen LogP contribution in [0.15, 0.2) is 0 Å². The highest BCUT2D eigenvalue weighted by Crippen LogP contribution is 2.42. The van der Waals surface area contributed by atoms with Crippen LogP contribution in [0.5, 0.6) is 0 Å². The van der Waals surface area contributed by atoms with E-state index in [0.29, 0.717) is 5.87 Å². The van der Waals surface area contributed by atoms with Crippen LogP contribution in [-0.4, -0.2) is 5.87 Å². The van der Waals surface area contributed by atoms with Gasteiger partial charge in [-0.1, -0.05) is 0 Å². The van der Waals surface area contributed by atoms with Crippen LogP contribution in [-0.2, 0) is 12.4 Å². The van der Waals surface area contributed by atoms with Gasteiger partial charge in [0.1, 0.15) is 11.1 Å². The van der Waals surface area contributed by atoms with Crippen LogP contribution in [0.3, 0.4) is 0 Å². The quantitative estimate of drug-likeness (QED) is 0.292. The van der Waals surface area contributed by atoms with Gasteiger partial charge in [0.2, 0.25) is 0 Å². The Morgan fingerprint density at radius 3 is 0.871 bits per heavy atom. The maximum absolute atomic E-state index is 14.1. The summed E-state index contributed by atoms with van der Waals surface area (Å²) in [5.74, 6) is -24.1. The third kappa shape index (κ3) is 3.73. The maximum atomic E-state index is 14.1. The summed E-state index contributed by atoms with van der Waals surface area (Å²) >= 11 is 0. The van der Waals surface area contributed by atoms with Gasteiger partial charge in [0.05, 0.1) is 16.7 Å². The van der Waals surface area contributed by atoms with E-state index < -0.39 is 86.7 Å². The minimum absolute atomic E-state index is 0.701. The van der Waals surface area contributed by atoms with Gasteiger partial charge in [0, 0.05) is 0 Å². The molecule has 0 saturated carbocycles. The number of hydrogen-bond donors (Lipinski definition) is 1. The average molecular weight is 473 g/mol. The number of benzene rings is 2. The molecule has 0 heterocycles. The van der Waals surface area contributed by atoms with E-state index >= 15 is 0 Å². The summed E-state index contributed by atoms with van der Waals surface area (Å²) < 4.78 is 187. The monoisotopic (exact) mass is 473 g/mol. The molecule has 0 aliphatic carbocycles. The predicted octanol–water partition coefficient (Wildman–Crippen LogP) is 6.52. The highest BCUT2D eigenvalue weighted by Gasteiger charge is 2.45. The zero-order valence-corrected chi connectivity index (χ0v) is 13.8. The molecule has 1 N–H and O–H groups in total. The number of halogens is 14. The van der Waals surface area contributed by atoms with Crippen LogP contribution in [0.4, 0.5) is 61.5 Å². The summed E-state index contributed by atoms with van der Waals surface area (Å²) in [7, 11) is 0. The van der Waals surface area contributed by atoms with E-state index in [2.05, 4.69) is 0 Å². The molecule has 0 radical (unpaired) electrons. The van der Waals surface area contributed by atoms with Crippen molar-refractivity contribution in [3.8, 4) is 0 Å². The third-order valence-corrected chi connectivity index (χ3v) is 3.72. The Kier molecular flexibility index (Phi) is 5.89. The van der Waals surface area contributed by atoms with Gasteiger partial charge in [-0.2, -0.15) is 26.3 Å². The number of hydrogen-bond acceptors (Lipinski definition) is 1. The van der Waals surface area contributed by atoms with Gasteiger partial charge in [-0.25, -0.2) is 35.1 Å². The summed E-state index contributed by atoms with van der Waals surface area (Å²) in [6.07, 6.45) is -12.1. The molecule has 2 aromatic carbocycles. The van der Waals surface area contributed by atoms with Crippen molar-refractivity contribution in [2.45, 2.75) is 12.4 Å². The summed E-state index contributed by atoms with van der Waals surface area (Å²) in [4.78, 5) is 0. The zero-order chi connectivity index (χ0) is 24.2. The van der Waals surface area contributed by atoms with Crippen molar-refractivity contribution in [1.82, 2.24) is 0 Å². The summed E-state index contributed by atoms with van der Waals surface area (Å²) in [6.45, 7) is 0. The molecule has 0 aliphatic heterocycles. The van der Waals surface area contributed by atoms with Gasteiger partial charge in [-0.3, -0.25) is 5.41 Å². The fourth-order valence-electron chi connectivity index (χ4n) is 2.45. The van der Waals surface area contributed by atoms with Crippen molar-refractivity contribution >= 4 is 11.4 Å². The van der Waals surface area contributed by atoms with E-state index in [9.17, 15) is 61.5 Å². The summed E-state index contributed by atoms with van der Waals surface area (Å²) in [5, 5.41) is 6.77. The predicted molar refractivity (Wildman–Crippen MR) is 72.8 cm³/mol. The van der Waals surface area contributed by atoms with E-state index in [1.54, 1.807) is 0 Å². The van der Waals surface area contributed by atoms with Gasteiger partial charge in [0.25, 0.3) is 0 Å². The second kappa shape index (κ2) is 7.55. The molecule has 1 nitrogen and oxygen atoms in total. The first kappa shape index (κ1) is 24.2. The molecule has 2 aromatic rings. The molecule has 31 heavy (non-hydrogen) atoms. The Balaban J connectivity index is 3.01. The van der Waals surface area contributed by atoms with E-state index in [1.165, 1.54) is 0 Å². The Bertz CT molecular complexity index is 993. The molecular weight excluding hydrogens is 472 g/mol. The van der Waals surface area contributed by atoms with E-state index in [-0.39, 0.29) is 0 Å². The first-order chi connectivity index (χ1) is 14.0. The smallest absolute Gasteiger partial charge is 0.258 e. The van der Waals surface area contributed by atoms with Gasteiger partial charge in [0.15, 0.2) is 46.5 Å². The number of alkyl halides is 6. The lowest BCUT2D eigenvalue weighted by Gasteiger charge is -2.17. The Morgan fingerprint density at radius 1 is 0.484 bits per heavy atom. The number of rotatable bonds is 2. The second-order valence-corrected chi connectivity index (χ2v) is 5.51. The van der Waals surface area contributed by atoms with Crippen molar-refractivity contribution in [3.63, 3.8) is 0 Å². The van der Waals surface area contributed by atoms with Crippen LogP contribution in [0.25, 0.3) is 5.57 Å². The lowest BCUT2D eigenvalue weighted by Crippen LogP contribution is -2.19. The molecular formula is C16HF14N. The molecule has 168 valence electrons. The van der Waals surface area contributed by atoms with Crippen LogP contribution < -0.4 is 0 Å². The van der Waals surface area contributed by atoms with E-state index in [1.807, 2.05) is 0 Å². The molecule has 0 bridgehead atoms. The molecule has 0 aromatic heterocycles. The third-order valence-electron chi connectivity index (χ3n) is 3.72. The largest absolute Gasteiger partial charge is 0.422 e. The van der Waals surface area contributed by atoms with Crippen molar-refractivity contribution in [1.29, 1.82) is 5.41 Å². The Labute approximate surface area is 160 Å². The normalized spacial score (nSPS) is 12.2. The molecule has 15 heteroatoms. The molecule has 0 amide bonds. The van der Waals surface area contributed by atoms with Gasteiger partial charge in [-0.05, 0) is 5.87 Å². The van der Waals surface area contributed by atoms with E-state index in [4.69, 9.17) is 5.41 Å². The molecule has 2 rings (SSSR count). The molecule has 0 spiro atoms. The molecule has 0 aliphatic rings. The topological polar surface area (TPSA) is 23.9 Å². The van der Waals surface area contributed by atoms with Crippen molar-refractivity contribution < 1.29 is 61.5 Å². The van der Waals surface area contributed by atoms with Crippen molar-refractivity contribution in [3.05, 3.63) is 68.8 Å². The highest BCUT2D eigenvalue weighted by atomic mass is 19.4. The lowest BCUT2D eigenvalue weighted by atomic mass is 9.93. The lowest BCUT2D eigenvalue weighted by molar-refractivity contribution is -0.144. The first-order valence-corrected chi connectivity index (χ1v) is 7.15. The molecule has 0 fully saturated rings. The molecule has 0 saturated heterocycles. The van der Waals surface area contributed by atoms with Gasteiger partial charge in [-0.15, -0.1) is 0 Å². The van der Waals surface area contributed by atoms with Crippen molar-refractivity contribution in [2.75, 3.05) is 0 Å². The first-order valence-electron chi connectivity index (χ1n) is 7.15. The zero-order valence-electron chi connectivity index (χ0n) is 13.8. The maximum Gasteiger partial charge on any atom is 0.422 e. The van der Waals surface area contributed by atoms with Gasteiger partial charge < -0.3 is 0 Å². The fourth-order valence-corrected chi connectivity index (χ4v) is 2.45. The van der Waals surface area contributed by atoms with Crippen LogP contribution >= 0.6 is 0 Å². The minimum Gasteiger partial charge on any atom is -0.258 e. The van der Waals surface area contributed by atoms with E-state index in [0.717, 1.165) is 0 Å². The number of nitrogens with one attached hydrogen (secondary N) is 1. The second-order valence-electron chi connectivity index (χ2n) is 5.51. The average Bonchev–Trinajstić information content (AvgIpc) is 2.61. The Morgan fingerprint density at radius 2 is 0.710 bits per heavy atom. The van der Waals surface area contributed by atoms with Gasteiger partial charge >= 0.3 is 12.4 Å². The van der Waals surface area contributed by atoms with Crippen LogP contribution in [0, 0.1) is 51.9 Å². The van der Waals surface area contributed by atoms with Crippen molar-refractivity contribution in [2.24, 2.45) is 0 Å². The van der Waals surface area contributed by atoms with Crippen LogP contribution in [0.2, 0.25) is 0 Å². The summed E-state index contributed by atoms with van der Waals surface area (Å²) in [6, 6.07) is 0. The fraction of sp³-hybridized carbons (Fsp3) is 0.125. The molecule has 0 atom stereocenters. The SMILES string of the molecule is N=C=C(c1c(F)c(F)c(C(F)(F)F)c(F)c1F)c1c(F)c(F)c(C(F)(F)F)c(F)c1F. The Hall–Kier alpha value is -3.09.